The van der Waals surface area contributed by atoms with Crippen molar-refractivity contribution in [3.8, 4) is 5.75 Å². The smallest absolute Gasteiger partial charge is 0.206 e. The summed E-state index contributed by atoms with van der Waals surface area (Å²) in [5, 5.41) is 15.5. The van der Waals surface area contributed by atoms with Crippen LogP contribution in [0.3, 0.4) is 0 Å². The Labute approximate surface area is 166 Å². The molecule has 5 atom stereocenters. The highest BCUT2D eigenvalue weighted by molar-refractivity contribution is 5.82. The van der Waals surface area contributed by atoms with E-state index in [2.05, 4.69) is 12.2 Å². The number of benzene rings is 1. The van der Waals surface area contributed by atoms with Crippen molar-refractivity contribution in [1.29, 1.82) is 0 Å². The van der Waals surface area contributed by atoms with Crippen molar-refractivity contribution in [2.24, 2.45) is 0 Å². The third-order valence-electron chi connectivity index (χ3n) is 7.26. The van der Waals surface area contributed by atoms with E-state index < -0.39 is 22.9 Å². The Bertz CT molecular complexity index is 782. The van der Waals surface area contributed by atoms with Gasteiger partial charge in [0.05, 0.1) is 16.6 Å². The lowest BCUT2D eigenvalue weighted by Crippen LogP contribution is -2.77. The highest BCUT2D eigenvalue weighted by Gasteiger charge is 2.73. The first-order chi connectivity index (χ1) is 13.4. The Morgan fingerprint density at radius 3 is 2.82 bits per heavy atom. The summed E-state index contributed by atoms with van der Waals surface area (Å²) in [7, 11) is 1.65. The van der Waals surface area contributed by atoms with Crippen molar-refractivity contribution < 1.29 is 24.1 Å². The van der Waals surface area contributed by atoms with Gasteiger partial charge < -0.3 is 24.6 Å². The molecule has 0 radical (unpaired) electrons. The fourth-order valence-corrected chi connectivity index (χ4v) is 5.87. The highest BCUT2D eigenvalue weighted by Crippen LogP contribution is 2.63. The summed E-state index contributed by atoms with van der Waals surface area (Å²) in [6.45, 7) is 7.41. The first-order valence-electron chi connectivity index (χ1n) is 10.3. The molecule has 154 valence electrons. The Balaban J connectivity index is 1.98. The van der Waals surface area contributed by atoms with Gasteiger partial charge in [0.1, 0.15) is 5.75 Å². The topological polar surface area (TPSA) is 77.0 Å². The number of hydrogen-bond donors (Lipinski definition) is 2. The maximum Gasteiger partial charge on any atom is 0.206 e. The fourth-order valence-electron chi connectivity index (χ4n) is 5.87. The molecule has 1 aromatic carbocycles. The normalized spacial score (nSPS) is 38.9. The molecule has 6 nitrogen and oxygen atoms in total. The molecule has 2 N–H and O–H groups in total. The molecule has 1 aromatic rings. The molecular formula is C22H31NO5. The number of carbonyl (C=O) groups excluding carboxylic acids is 1. The van der Waals surface area contributed by atoms with Crippen LogP contribution >= 0.6 is 0 Å². The molecule has 1 aliphatic carbocycles. The highest BCUT2D eigenvalue weighted by atomic mass is 16.7. The standard InChI is InChI=1S/C22H31NO5/c1-5-12-27-22(26-4)9-8-21(25)15(3)23-11-10-20(21)17-14(2)6-7-16(13-24)18(17)28-19(20)22/h6-7,13,15,19,23,25H,5,8-12H2,1-4H3. The van der Waals surface area contributed by atoms with Crippen LogP contribution in [0.25, 0.3) is 0 Å². The van der Waals surface area contributed by atoms with E-state index in [4.69, 9.17) is 14.2 Å². The predicted molar refractivity (Wildman–Crippen MR) is 105 cm³/mol. The van der Waals surface area contributed by atoms with Gasteiger partial charge in [-0.3, -0.25) is 4.79 Å². The molecule has 4 rings (SSSR count). The summed E-state index contributed by atoms with van der Waals surface area (Å²) >= 11 is 0. The zero-order chi connectivity index (χ0) is 20.2. The SMILES string of the molecule is CCCOC1(OC)CCC2(O)C(C)NCCC23c2c(C)ccc(C=O)c2OC13. The quantitative estimate of drug-likeness (QED) is 0.595. The summed E-state index contributed by atoms with van der Waals surface area (Å²) in [4.78, 5) is 11.8. The van der Waals surface area contributed by atoms with E-state index in [9.17, 15) is 9.90 Å². The Kier molecular flexibility index (Phi) is 4.82. The average molecular weight is 389 g/mol. The minimum absolute atomic E-state index is 0.112. The van der Waals surface area contributed by atoms with Gasteiger partial charge >= 0.3 is 0 Å². The van der Waals surface area contributed by atoms with Crippen molar-refractivity contribution >= 4 is 6.29 Å². The maximum atomic E-state index is 12.1. The first-order valence-corrected chi connectivity index (χ1v) is 10.3. The summed E-state index contributed by atoms with van der Waals surface area (Å²) in [5.41, 5.74) is 0.763. The van der Waals surface area contributed by atoms with Crippen molar-refractivity contribution in [2.45, 2.75) is 75.4 Å². The van der Waals surface area contributed by atoms with Crippen LogP contribution in [0.2, 0.25) is 0 Å². The number of aldehydes is 1. The van der Waals surface area contributed by atoms with Gasteiger partial charge in [-0.25, -0.2) is 0 Å². The van der Waals surface area contributed by atoms with E-state index >= 15 is 0 Å². The van der Waals surface area contributed by atoms with Crippen LogP contribution in [0, 0.1) is 6.92 Å². The van der Waals surface area contributed by atoms with Gasteiger partial charge in [-0.05, 0) is 51.3 Å². The third kappa shape index (κ3) is 2.32. The number of methoxy groups -OCH3 is 1. The lowest BCUT2D eigenvalue weighted by atomic mass is 9.51. The molecule has 2 aliphatic heterocycles. The van der Waals surface area contributed by atoms with Crippen LogP contribution in [0.5, 0.6) is 5.75 Å². The number of rotatable bonds is 5. The number of nitrogens with one attached hydrogen (secondary N) is 1. The van der Waals surface area contributed by atoms with E-state index in [1.165, 1.54) is 0 Å². The number of piperidine rings is 1. The largest absolute Gasteiger partial charge is 0.483 e. The monoisotopic (exact) mass is 389 g/mol. The lowest BCUT2D eigenvalue weighted by molar-refractivity contribution is -0.319. The van der Waals surface area contributed by atoms with Crippen LogP contribution in [0.1, 0.15) is 61.0 Å². The molecule has 28 heavy (non-hydrogen) atoms. The van der Waals surface area contributed by atoms with Crippen LogP contribution < -0.4 is 10.1 Å². The van der Waals surface area contributed by atoms with Gasteiger partial charge in [0.15, 0.2) is 12.4 Å². The van der Waals surface area contributed by atoms with Gasteiger partial charge in [0.2, 0.25) is 5.79 Å². The van der Waals surface area contributed by atoms with E-state index in [1.807, 2.05) is 19.9 Å². The molecule has 1 spiro atoms. The molecule has 0 amide bonds. The molecule has 3 aliphatic rings. The number of aliphatic hydroxyl groups is 1. The second kappa shape index (κ2) is 6.80. The van der Waals surface area contributed by atoms with Crippen LogP contribution in [-0.2, 0) is 14.9 Å². The first kappa shape index (κ1) is 19.8. The van der Waals surface area contributed by atoms with Gasteiger partial charge in [0.25, 0.3) is 0 Å². The van der Waals surface area contributed by atoms with Gasteiger partial charge in [-0.2, -0.15) is 0 Å². The summed E-state index contributed by atoms with van der Waals surface area (Å²) < 4.78 is 18.8. The number of fused-ring (bicyclic) bond motifs is 1. The Morgan fingerprint density at radius 1 is 1.36 bits per heavy atom. The van der Waals surface area contributed by atoms with E-state index in [1.54, 1.807) is 13.2 Å². The summed E-state index contributed by atoms with van der Waals surface area (Å²) in [5.74, 6) is -0.374. The predicted octanol–water partition coefficient (Wildman–Crippen LogP) is 2.48. The summed E-state index contributed by atoms with van der Waals surface area (Å²) in [6.07, 6.45) is 2.92. The maximum absolute atomic E-state index is 12.1. The van der Waals surface area contributed by atoms with Crippen LogP contribution in [0.4, 0.5) is 0 Å². The lowest BCUT2D eigenvalue weighted by Gasteiger charge is -2.61. The second-order valence-corrected chi connectivity index (χ2v) is 8.48. The van der Waals surface area contributed by atoms with E-state index in [0.29, 0.717) is 37.2 Å². The van der Waals surface area contributed by atoms with Crippen LogP contribution in [-0.4, -0.2) is 55.2 Å². The van der Waals surface area contributed by atoms with E-state index in [0.717, 1.165) is 30.4 Å². The van der Waals surface area contributed by atoms with Crippen molar-refractivity contribution in [3.05, 3.63) is 28.8 Å². The Morgan fingerprint density at radius 2 is 2.14 bits per heavy atom. The summed E-state index contributed by atoms with van der Waals surface area (Å²) in [6, 6.07) is 3.63. The van der Waals surface area contributed by atoms with Crippen molar-refractivity contribution in [1.82, 2.24) is 5.32 Å². The number of carbonyl (C=O) groups is 1. The number of aryl methyl sites for hydroxylation is 1. The van der Waals surface area contributed by atoms with Crippen molar-refractivity contribution in [2.75, 3.05) is 20.3 Å². The zero-order valence-electron chi connectivity index (χ0n) is 17.2. The molecule has 1 saturated carbocycles. The molecule has 6 heteroatoms. The van der Waals surface area contributed by atoms with Gasteiger partial charge in [-0.1, -0.05) is 13.0 Å². The molecule has 0 bridgehead atoms. The van der Waals surface area contributed by atoms with Crippen molar-refractivity contribution in [3.63, 3.8) is 0 Å². The average Bonchev–Trinajstić information content (AvgIpc) is 3.06. The Hall–Kier alpha value is -1.47. The molecular weight excluding hydrogens is 358 g/mol. The zero-order valence-corrected chi connectivity index (χ0v) is 17.2. The third-order valence-corrected chi connectivity index (χ3v) is 7.26. The minimum Gasteiger partial charge on any atom is -0.483 e. The molecule has 1 saturated heterocycles. The number of ether oxygens (including phenoxy) is 3. The molecule has 5 unspecified atom stereocenters. The van der Waals surface area contributed by atoms with Gasteiger partial charge in [0, 0.05) is 31.7 Å². The van der Waals surface area contributed by atoms with E-state index in [-0.39, 0.29) is 6.04 Å². The minimum atomic E-state index is -1.02. The fraction of sp³-hybridized carbons (Fsp3) is 0.682. The molecule has 2 heterocycles. The molecule has 0 aromatic heterocycles. The molecule has 2 fully saturated rings. The number of hydrogen-bond acceptors (Lipinski definition) is 6. The van der Waals surface area contributed by atoms with Crippen LogP contribution in [0.15, 0.2) is 12.1 Å². The van der Waals surface area contributed by atoms with Gasteiger partial charge in [-0.15, -0.1) is 0 Å². The second-order valence-electron chi connectivity index (χ2n) is 8.48.